The minimum atomic E-state index is -0.483. The van der Waals surface area contributed by atoms with E-state index in [4.69, 9.17) is 5.73 Å². The molecule has 1 amide bonds. The van der Waals surface area contributed by atoms with Gasteiger partial charge in [0.25, 0.3) is 0 Å². The number of nitrogens with two attached hydrogens (primary N) is 1. The number of hydrogen-bond donors (Lipinski definition) is 2. The third-order valence-electron chi connectivity index (χ3n) is 3.01. The van der Waals surface area contributed by atoms with Crippen molar-refractivity contribution in [2.75, 3.05) is 24.6 Å². The molecular formula is C15H18FN3OS. The molecule has 3 N–H and O–H groups in total. The Balaban J connectivity index is 1.77. The lowest BCUT2D eigenvalue weighted by atomic mass is 10.2. The predicted molar refractivity (Wildman–Crippen MR) is 84.7 cm³/mol. The summed E-state index contributed by atoms with van der Waals surface area (Å²) in [5.74, 6) is -0.595. The van der Waals surface area contributed by atoms with Crippen LogP contribution in [0.5, 0.6) is 0 Å². The summed E-state index contributed by atoms with van der Waals surface area (Å²) in [7, 11) is 1.98. The van der Waals surface area contributed by atoms with E-state index in [2.05, 4.69) is 16.3 Å². The van der Waals surface area contributed by atoms with Gasteiger partial charge in [-0.3, -0.25) is 4.79 Å². The van der Waals surface area contributed by atoms with Crippen molar-refractivity contribution >= 4 is 28.6 Å². The maximum atomic E-state index is 13.0. The lowest BCUT2D eigenvalue weighted by molar-refractivity contribution is -0.116. The van der Waals surface area contributed by atoms with Crippen molar-refractivity contribution in [1.29, 1.82) is 0 Å². The zero-order valence-electron chi connectivity index (χ0n) is 11.8. The van der Waals surface area contributed by atoms with E-state index >= 15 is 0 Å². The van der Waals surface area contributed by atoms with E-state index in [1.165, 1.54) is 23.1 Å². The predicted octanol–water partition coefficient (Wildman–Crippen LogP) is 2.93. The number of thiophene rings is 1. The molecule has 0 radical (unpaired) electrons. The molecule has 112 valence electrons. The van der Waals surface area contributed by atoms with Crippen LogP contribution in [0.1, 0.15) is 11.3 Å². The molecule has 0 fully saturated rings. The first-order chi connectivity index (χ1) is 10.0. The van der Waals surface area contributed by atoms with Gasteiger partial charge in [0.05, 0.1) is 5.69 Å². The number of rotatable bonds is 6. The molecular weight excluding hydrogens is 289 g/mol. The highest BCUT2D eigenvalue weighted by molar-refractivity contribution is 7.09. The van der Waals surface area contributed by atoms with E-state index in [0.717, 1.165) is 6.54 Å². The summed E-state index contributed by atoms with van der Waals surface area (Å²) in [4.78, 5) is 15.2. The molecule has 6 heteroatoms. The highest BCUT2D eigenvalue weighted by Crippen LogP contribution is 2.16. The Morgan fingerprint density at radius 2 is 2.24 bits per heavy atom. The largest absolute Gasteiger partial charge is 0.396 e. The number of hydrogen-bond acceptors (Lipinski definition) is 4. The fraction of sp³-hybridized carbons (Fsp3) is 0.267. The summed E-state index contributed by atoms with van der Waals surface area (Å²) >= 11 is 1.70. The summed E-state index contributed by atoms with van der Waals surface area (Å²) < 4.78 is 13.0. The SMILES string of the molecule is CN(CCC(=O)Nc1ccc(F)c(N)c1)Cc1cccs1. The Bertz CT molecular complexity index is 601. The number of anilines is 2. The number of nitrogens with zero attached hydrogens (tertiary/aromatic N) is 1. The Labute approximate surface area is 127 Å². The van der Waals surface area contributed by atoms with Gasteiger partial charge in [-0.2, -0.15) is 0 Å². The summed E-state index contributed by atoms with van der Waals surface area (Å²) in [6.45, 7) is 1.48. The molecule has 0 saturated heterocycles. The fourth-order valence-corrected chi connectivity index (χ4v) is 2.67. The van der Waals surface area contributed by atoms with Gasteiger partial charge in [0.1, 0.15) is 5.82 Å². The summed E-state index contributed by atoms with van der Waals surface area (Å²) in [5.41, 5.74) is 6.00. The number of carbonyl (C=O) groups excluding carboxylic acids is 1. The van der Waals surface area contributed by atoms with Gasteiger partial charge in [-0.1, -0.05) is 6.07 Å². The Morgan fingerprint density at radius 1 is 1.43 bits per heavy atom. The minimum absolute atomic E-state index is 0.0302. The minimum Gasteiger partial charge on any atom is -0.396 e. The number of benzene rings is 1. The molecule has 0 atom stereocenters. The average molecular weight is 307 g/mol. The van der Waals surface area contributed by atoms with Crippen LogP contribution < -0.4 is 11.1 Å². The molecule has 1 aromatic carbocycles. The van der Waals surface area contributed by atoms with Crippen LogP contribution in [0, 0.1) is 5.82 Å². The molecule has 2 aromatic rings. The molecule has 2 rings (SSSR count). The van der Waals surface area contributed by atoms with E-state index in [1.54, 1.807) is 11.3 Å². The van der Waals surface area contributed by atoms with Crippen molar-refractivity contribution in [1.82, 2.24) is 4.90 Å². The van der Waals surface area contributed by atoms with E-state index in [0.29, 0.717) is 18.7 Å². The molecule has 0 spiro atoms. The first-order valence-electron chi connectivity index (χ1n) is 6.60. The quantitative estimate of drug-likeness (QED) is 0.807. The second kappa shape index (κ2) is 7.19. The molecule has 21 heavy (non-hydrogen) atoms. The Morgan fingerprint density at radius 3 is 2.90 bits per heavy atom. The molecule has 0 aliphatic rings. The van der Waals surface area contributed by atoms with E-state index < -0.39 is 5.82 Å². The van der Waals surface area contributed by atoms with E-state index in [9.17, 15) is 9.18 Å². The average Bonchev–Trinajstić information content (AvgIpc) is 2.93. The van der Waals surface area contributed by atoms with Gasteiger partial charge in [-0.15, -0.1) is 11.3 Å². The van der Waals surface area contributed by atoms with Gasteiger partial charge in [0, 0.05) is 30.1 Å². The number of carbonyl (C=O) groups is 1. The molecule has 0 aliphatic heterocycles. The second-order valence-corrected chi connectivity index (χ2v) is 5.88. The molecule has 1 aromatic heterocycles. The smallest absolute Gasteiger partial charge is 0.225 e. The molecule has 0 aliphatic carbocycles. The fourth-order valence-electron chi connectivity index (χ4n) is 1.89. The number of halogens is 1. The van der Waals surface area contributed by atoms with Crippen molar-refractivity contribution in [3.05, 3.63) is 46.4 Å². The molecule has 0 saturated carbocycles. The van der Waals surface area contributed by atoms with Crippen LogP contribution in [0.3, 0.4) is 0 Å². The normalized spacial score (nSPS) is 10.8. The van der Waals surface area contributed by atoms with Crippen molar-refractivity contribution in [2.45, 2.75) is 13.0 Å². The standard InChI is InChI=1S/C15H18FN3OS/c1-19(10-12-3-2-8-21-12)7-6-15(20)18-11-4-5-13(16)14(17)9-11/h2-5,8-9H,6-7,10,17H2,1H3,(H,18,20). The van der Waals surface area contributed by atoms with Crippen molar-refractivity contribution in [2.24, 2.45) is 0 Å². The van der Waals surface area contributed by atoms with Crippen LogP contribution in [0.2, 0.25) is 0 Å². The van der Waals surface area contributed by atoms with Crippen LogP contribution >= 0.6 is 11.3 Å². The van der Waals surface area contributed by atoms with E-state index in [-0.39, 0.29) is 11.6 Å². The maximum absolute atomic E-state index is 13.0. The molecule has 0 unspecified atom stereocenters. The molecule has 1 heterocycles. The zero-order chi connectivity index (χ0) is 15.2. The van der Waals surface area contributed by atoms with Crippen LogP contribution in [0.15, 0.2) is 35.7 Å². The molecule has 4 nitrogen and oxygen atoms in total. The zero-order valence-corrected chi connectivity index (χ0v) is 12.6. The van der Waals surface area contributed by atoms with Crippen molar-refractivity contribution < 1.29 is 9.18 Å². The van der Waals surface area contributed by atoms with Crippen LogP contribution in [0.25, 0.3) is 0 Å². The Kier molecular flexibility index (Phi) is 5.30. The number of nitrogens with one attached hydrogen (secondary N) is 1. The van der Waals surface area contributed by atoms with Crippen molar-refractivity contribution in [3.8, 4) is 0 Å². The summed E-state index contributed by atoms with van der Waals surface area (Å²) in [5, 5.41) is 4.75. The van der Waals surface area contributed by atoms with Gasteiger partial charge in [0.15, 0.2) is 0 Å². The van der Waals surface area contributed by atoms with Gasteiger partial charge in [0.2, 0.25) is 5.91 Å². The van der Waals surface area contributed by atoms with Crippen molar-refractivity contribution in [3.63, 3.8) is 0 Å². The van der Waals surface area contributed by atoms with Crippen LogP contribution in [0.4, 0.5) is 15.8 Å². The highest BCUT2D eigenvalue weighted by atomic mass is 32.1. The lowest BCUT2D eigenvalue weighted by Crippen LogP contribution is -2.23. The van der Waals surface area contributed by atoms with Crippen LogP contribution in [-0.4, -0.2) is 24.4 Å². The third-order valence-corrected chi connectivity index (χ3v) is 3.87. The third kappa shape index (κ3) is 4.84. The molecule has 0 bridgehead atoms. The van der Waals surface area contributed by atoms with Gasteiger partial charge in [-0.05, 0) is 36.7 Å². The topological polar surface area (TPSA) is 58.4 Å². The highest BCUT2D eigenvalue weighted by Gasteiger charge is 2.07. The first-order valence-corrected chi connectivity index (χ1v) is 7.48. The van der Waals surface area contributed by atoms with Gasteiger partial charge < -0.3 is 16.0 Å². The lowest BCUT2D eigenvalue weighted by Gasteiger charge is -2.15. The van der Waals surface area contributed by atoms with Crippen LogP contribution in [-0.2, 0) is 11.3 Å². The first kappa shape index (κ1) is 15.5. The van der Waals surface area contributed by atoms with Gasteiger partial charge >= 0.3 is 0 Å². The van der Waals surface area contributed by atoms with E-state index in [1.807, 2.05) is 18.5 Å². The summed E-state index contributed by atoms with van der Waals surface area (Å²) in [6, 6.07) is 8.25. The summed E-state index contributed by atoms with van der Waals surface area (Å²) in [6.07, 6.45) is 0.374. The van der Waals surface area contributed by atoms with Gasteiger partial charge in [-0.25, -0.2) is 4.39 Å². The maximum Gasteiger partial charge on any atom is 0.225 e. The monoisotopic (exact) mass is 307 g/mol. The number of amides is 1. The second-order valence-electron chi connectivity index (χ2n) is 4.85. The number of nitrogen functional groups attached to an aromatic ring is 1. The Hall–Kier alpha value is -1.92.